The molecule has 0 nitrogen and oxygen atoms in total. The van der Waals surface area contributed by atoms with E-state index in [1.807, 2.05) is 0 Å². The van der Waals surface area contributed by atoms with Crippen LogP contribution < -0.4 is 5.19 Å². The van der Waals surface area contributed by atoms with Gasteiger partial charge in [-0.25, -0.2) is 0 Å². The molecule has 8 aromatic rings. The number of rotatable bonds is 4. The number of hydrogen-bond donors (Lipinski definition) is 0. The summed E-state index contributed by atoms with van der Waals surface area (Å²) in [5.41, 5.74) is 7.68. The molecule has 0 aliphatic carbocycles. The summed E-state index contributed by atoms with van der Waals surface area (Å²) >= 11 is 0. The molecule has 210 valence electrons. The summed E-state index contributed by atoms with van der Waals surface area (Å²) in [6.07, 6.45) is 0. The van der Waals surface area contributed by atoms with E-state index >= 15 is 0 Å². The zero-order valence-electron chi connectivity index (χ0n) is 25.4. The molecule has 0 heterocycles. The molecular formula is C43H34Si. The summed E-state index contributed by atoms with van der Waals surface area (Å²) in [7, 11) is -1.56. The van der Waals surface area contributed by atoms with Gasteiger partial charge in [-0.05, 0) is 82.5 Å². The van der Waals surface area contributed by atoms with E-state index in [4.69, 9.17) is 0 Å². The van der Waals surface area contributed by atoms with Crippen molar-refractivity contribution in [2.45, 2.75) is 19.6 Å². The molecule has 0 atom stereocenters. The van der Waals surface area contributed by atoms with Crippen molar-refractivity contribution in [2.75, 3.05) is 0 Å². The molecule has 0 aliphatic rings. The van der Waals surface area contributed by atoms with Crippen LogP contribution in [-0.4, -0.2) is 8.07 Å². The molecule has 0 bridgehead atoms. The molecule has 8 rings (SSSR count). The maximum Gasteiger partial charge on any atom is 0.0784 e. The molecule has 0 radical (unpaired) electrons. The van der Waals surface area contributed by atoms with Gasteiger partial charge in [0.05, 0.1) is 8.07 Å². The normalized spacial score (nSPS) is 12.0. The predicted molar refractivity (Wildman–Crippen MR) is 196 cm³/mol. The van der Waals surface area contributed by atoms with Crippen LogP contribution >= 0.6 is 0 Å². The molecule has 8 aromatic carbocycles. The Kier molecular flexibility index (Phi) is 6.25. The van der Waals surface area contributed by atoms with Crippen LogP contribution in [0.5, 0.6) is 0 Å². The monoisotopic (exact) mass is 578 g/mol. The molecule has 44 heavy (non-hydrogen) atoms. The van der Waals surface area contributed by atoms with E-state index < -0.39 is 8.07 Å². The van der Waals surface area contributed by atoms with Gasteiger partial charge in [-0.15, -0.1) is 0 Å². The van der Waals surface area contributed by atoms with E-state index in [2.05, 4.69) is 171 Å². The van der Waals surface area contributed by atoms with Crippen LogP contribution in [-0.2, 0) is 0 Å². The Balaban J connectivity index is 1.55. The number of benzene rings is 8. The van der Waals surface area contributed by atoms with E-state index in [1.54, 1.807) is 0 Å². The highest BCUT2D eigenvalue weighted by Gasteiger charge is 2.22. The molecule has 0 fully saturated rings. The zero-order chi connectivity index (χ0) is 29.8. The van der Waals surface area contributed by atoms with Gasteiger partial charge < -0.3 is 0 Å². The Morgan fingerprint density at radius 2 is 0.909 bits per heavy atom. The summed E-state index contributed by atoms with van der Waals surface area (Å²) in [4.78, 5) is 0. The first-order valence-electron chi connectivity index (χ1n) is 15.5. The van der Waals surface area contributed by atoms with Crippen molar-refractivity contribution in [1.29, 1.82) is 0 Å². The molecule has 0 aromatic heterocycles. The Morgan fingerprint density at radius 3 is 1.70 bits per heavy atom. The minimum Gasteiger partial charge on any atom is -0.0656 e. The van der Waals surface area contributed by atoms with Gasteiger partial charge in [0, 0.05) is 0 Å². The fourth-order valence-corrected chi connectivity index (χ4v) is 8.83. The molecule has 0 aliphatic heterocycles. The van der Waals surface area contributed by atoms with Crippen LogP contribution in [0, 0.1) is 0 Å². The summed E-state index contributed by atoms with van der Waals surface area (Å²) in [5.74, 6) is 0. The van der Waals surface area contributed by atoms with Crippen molar-refractivity contribution < 1.29 is 0 Å². The van der Waals surface area contributed by atoms with Crippen molar-refractivity contribution in [3.8, 4) is 33.4 Å². The second-order valence-electron chi connectivity index (χ2n) is 12.9. The van der Waals surface area contributed by atoms with Gasteiger partial charge in [-0.1, -0.05) is 170 Å². The average molecular weight is 579 g/mol. The molecular weight excluding hydrogens is 545 g/mol. The first-order valence-corrected chi connectivity index (χ1v) is 19.0. The highest BCUT2D eigenvalue weighted by Crippen LogP contribution is 2.46. The predicted octanol–water partition coefficient (Wildman–Crippen LogP) is 11.8. The maximum atomic E-state index is 2.45. The lowest BCUT2D eigenvalue weighted by Crippen LogP contribution is -2.37. The van der Waals surface area contributed by atoms with E-state index in [-0.39, 0.29) is 0 Å². The van der Waals surface area contributed by atoms with Gasteiger partial charge in [0.2, 0.25) is 0 Å². The fraction of sp³-hybridized carbons (Fsp3) is 0.0698. The Hall–Kier alpha value is -4.98. The lowest BCUT2D eigenvalue weighted by atomic mass is 9.83. The SMILES string of the molecule is C[Si](C)(C)c1cccc2c(-c3c4ccccc4c(-c4ccccc4)c4ccc(-c5cccc6ccccc56)cc34)cccc12. The van der Waals surface area contributed by atoms with Crippen LogP contribution in [0.15, 0.2) is 152 Å². The largest absolute Gasteiger partial charge is 0.0784 e. The summed E-state index contributed by atoms with van der Waals surface area (Å²) < 4.78 is 0. The second-order valence-corrected chi connectivity index (χ2v) is 17.9. The highest BCUT2D eigenvalue weighted by atomic mass is 28.3. The number of hydrogen-bond acceptors (Lipinski definition) is 0. The first kappa shape index (κ1) is 26.6. The molecule has 1 heteroatoms. The smallest absolute Gasteiger partial charge is 0.0656 e. The summed E-state index contributed by atoms with van der Waals surface area (Å²) in [5, 5.41) is 11.9. The standard InChI is InChI=1S/C43H34Si/c1-44(2,3)41-25-13-22-34-35(41)23-12-24-36(34)43-38-20-10-9-19-37(38)42(30-15-5-4-6-16-30)39-27-26-31(28-40(39)43)33-21-11-17-29-14-7-8-18-32(29)33/h4-28H,1-3H3. The third kappa shape index (κ3) is 4.27. The summed E-state index contributed by atoms with van der Waals surface area (Å²) in [6, 6.07) is 56.3. The fourth-order valence-electron chi connectivity index (χ4n) is 7.21. The van der Waals surface area contributed by atoms with E-state index in [0.717, 1.165) is 0 Å². The zero-order valence-corrected chi connectivity index (χ0v) is 26.4. The van der Waals surface area contributed by atoms with Gasteiger partial charge >= 0.3 is 0 Å². The Morgan fingerprint density at radius 1 is 0.341 bits per heavy atom. The lowest BCUT2D eigenvalue weighted by molar-refractivity contribution is 1.65. The summed E-state index contributed by atoms with van der Waals surface area (Å²) in [6.45, 7) is 7.35. The minimum atomic E-state index is -1.56. The van der Waals surface area contributed by atoms with Crippen molar-refractivity contribution in [3.05, 3.63) is 152 Å². The van der Waals surface area contributed by atoms with Crippen LogP contribution in [0.25, 0.3) is 76.5 Å². The molecule has 0 N–H and O–H groups in total. The number of fused-ring (bicyclic) bond motifs is 4. The lowest BCUT2D eigenvalue weighted by Gasteiger charge is -2.22. The second kappa shape index (κ2) is 10.3. The van der Waals surface area contributed by atoms with Crippen molar-refractivity contribution >= 4 is 56.4 Å². The quantitative estimate of drug-likeness (QED) is 0.144. The molecule has 0 amide bonds. The van der Waals surface area contributed by atoms with Crippen molar-refractivity contribution in [2.24, 2.45) is 0 Å². The van der Waals surface area contributed by atoms with Gasteiger partial charge in [0.25, 0.3) is 0 Å². The Bertz CT molecular complexity index is 2350. The van der Waals surface area contributed by atoms with E-state index in [1.165, 1.54) is 81.7 Å². The van der Waals surface area contributed by atoms with Gasteiger partial charge in [-0.2, -0.15) is 0 Å². The van der Waals surface area contributed by atoms with Gasteiger partial charge in [0.1, 0.15) is 0 Å². The molecule has 0 saturated heterocycles. The van der Waals surface area contributed by atoms with Crippen LogP contribution in [0.3, 0.4) is 0 Å². The van der Waals surface area contributed by atoms with E-state index in [0.29, 0.717) is 0 Å². The van der Waals surface area contributed by atoms with Crippen molar-refractivity contribution in [1.82, 2.24) is 0 Å². The Labute approximate surface area is 260 Å². The third-order valence-corrected chi connectivity index (χ3v) is 11.2. The van der Waals surface area contributed by atoms with Crippen molar-refractivity contribution in [3.63, 3.8) is 0 Å². The minimum absolute atomic E-state index is 1.24. The molecule has 0 unspecified atom stereocenters. The van der Waals surface area contributed by atoms with E-state index in [9.17, 15) is 0 Å². The van der Waals surface area contributed by atoms with Crippen LogP contribution in [0.4, 0.5) is 0 Å². The maximum absolute atomic E-state index is 2.45. The van der Waals surface area contributed by atoms with Gasteiger partial charge in [0.15, 0.2) is 0 Å². The van der Waals surface area contributed by atoms with Crippen LogP contribution in [0.2, 0.25) is 19.6 Å². The topological polar surface area (TPSA) is 0 Å². The highest BCUT2D eigenvalue weighted by molar-refractivity contribution is 6.90. The third-order valence-electron chi connectivity index (χ3n) is 9.19. The molecule has 0 spiro atoms. The average Bonchev–Trinajstić information content (AvgIpc) is 3.06. The van der Waals surface area contributed by atoms with Crippen LogP contribution in [0.1, 0.15) is 0 Å². The molecule has 0 saturated carbocycles. The first-order chi connectivity index (χ1) is 21.5. The van der Waals surface area contributed by atoms with Gasteiger partial charge in [-0.3, -0.25) is 0 Å².